The van der Waals surface area contributed by atoms with Crippen molar-refractivity contribution < 1.29 is 68.5 Å². The number of carbonyl (C=O) groups is 5. The minimum Gasteiger partial charge on any atom is -0.480 e. The van der Waals surface area contributed by atoms with Crippen LogP contribution in [-0.2, 0) is 38.1 Å². The third-order valence-electron chi connectivity index (χ3n) is 8.10. The first-order chi connectivity index (χ1) is 23.5. The predicted octanol–water partition coefficient (Wildman–Crippen LogP) is -5.73. The number of aliphatic carboxylic acids is 3. The molecule has 4 heterocycles. The Morgan fingerprint density at radius 1 is 1.08 bits per heavy atom. The number of aliphatic hydroxyl groups is 2. The van der Waals surface area contributed by atoms with Crippen LogP contribution < -0.4 is 39.3 Å². The second-order valence-corrected chi connectivity index (χ2v) is 12.8. The van der Waals surface area contributed by atoms with E-state index >= 15 is 0 Å². The van der Waals surface area contributed by atoms with E-state index in [9.17, 15) is 49.2 Å². The highest BCUT2D eigenvalue weighted by Gasteiger charge is 2.60. The maximum absolute atomic E-state index is 13.1. The molecule has 24 heteroatoms. The van der Waals surface area contributed by atoms with Gasteiger partial charge in [0.1, 0.15) is 54.5 Å². The van der Waals surface area contributed by atoms with Crippen molar-refractivity contribution in [2.45, 2.75) is 92.3 Å². The van der Waals surface area contributed by atoms with Crippen LogP contribution >= 0.6 is 11.8 Å². The first kappa shape index (κ1) is 38.7. The van der Waals surface area contributed by atoms with Crippen molar-refractivity contribution >= 4 is 47.4 Å². The number of rotatable bonds is 14. The first-order valence-electron chi connectivity index (χ1n) is 15.0. The number of primary amides is 1. The number of hydrogen-bond acceptors (Lipinski definition) is 17. The standard InChI is InChI=1S/C26H38N8O15S/c27-7-5-10(19(37)31-9(22(40)41)2-4-50-6-8(28)21(38)39)46-24(13(7)35)49-16-12(33-25(30)44)15-17(47-18(16)23(42)43)14(36)20(48-15)34-3-1-11(29)32-26(34)45/h1,3,7-10,12-18,20,24,35-36H,2,4-6,27-28H2,(H,31,37)(H,38,39)(H,40,41)(H,42,43)(H2,29,32,45)(H3,30,33,44)/t7-,8-,9+,10+,12-,13-,14+,15+,16+,17-,18-,20+,24+/m1/s1. The number of nitrogens with two attached hydrogens (primary N) is 4. The molecule has 0 radical (unpaired) electrons. The Hall–Kier alpha value is -4.14. The van der Waals surface area contributed by atoms with Gasteiger partial charge >= 0.3 is 29.6 Å². The van der Waals surface area contributed by atoms with Gasteiger partial charge in [0.05, 0.1) is 6.04 Å². The topological polar surface area (TPSA) is 386 Å². The molecule has 0 aromatic carbocycles. The molecule has 278 valence electrons. The minimum atomic E-state index is -2.00. The number of thioether (sulfide) groups is 1. The molecule has 0 aliphatic carbocycles. The summed E-state index contributed by atoms with van der Waals surface area (Å²) in [4.78, 5) is 76.5. The quantitative estimate of drug-likeness (QED) is 0.0793. The van der Waals surface area contributed by atoms with Gasteiger partial charge in [-0.1, -0.05) is 0 Å². The Balaban J connectivity index is 1.52. The van der Waals surface area contributed by atoms with Crippen LogP contribution in [0.4, 0.5) is 10.6 Å². The van der Waals surface area contributed by atoms with E-state index in [1.807, 2.05) is 0 Å². The molecular formula is C26H38N8O15S. The molecule has 50 heavy (non-hydrogen) atoms. The highest BCUT2D eigenvalue weighted by Crippen LogP contribution is 2.39. The van der Waals surface area contributed by atoms with Gasteiger partial charge in [-0.05, 0) is 18.2 Å². The lowest BCUT2D eigenvalue weighted by Gasteiger charge is -2.45. The van der Waals surface area contributed by atoms with Gasteiger partial charge in [-0.15, -0.1) is 0 Å². The molecule has 3 aliphatic heterocycles. The number of nitrogen functional groups attached to an aromatic ring is 1. The highest BCUT2D eigenvalue weighted by molar-refractivity contribution is 7.99. The summed E-state index contributed by atoms with van der Waals surface area (Å²) < 4.78 is 23.8. The van der Waals surface area contributed by atoms with Crippen molar-refractivity contribution in [2.24, 2.45) is 17.2 Å². The number of hydrogen-bond donors (Lipinski definition) is 11. The van der Waals surface area contributed by atoms with Gasteiger partial charge in [0.25, 0.3) is 0 Å². The van der Waals surface area contributed by atoms with E-state index in [4.69, 9.17) is 47.0 Å². The van der Waals surface area contributed by atoms with Crippen molar-refractivity contribution in [3.05, 3.63) is 22.7 Å². The molecule has 3 amide bonds. The molecule has 0 spiro atoms. The van der Waals surface area contributed by atoms with Crippen LogP contribution in [0.1, 0.15) is 19.1 Å². The van der Waals surface area contributed by atoms with Crippen LogP contribution in [0.15, 0.2) is 17.1 Å². The number of carbonyl (C=O) groups excluding carboxylic acids is 2. The number of anilines is 1. The number of carboxylic acids is 3. The summed E-state index contributed by atoms with van der Waals surface area (Å²) in [6.07, 6.45) is -14.3. The number of ether oxygens (including phenoxy) is 4. The van der Waals surface area contributed by atoms with Crippen molar-refractivity contribution in [1.29, 1.82) is 0 Å². The molecule has 0 bridgehead atoms. The molecule has 0 unspecified atom stereocenters. The monoisotopic (exact) mass is 734 g/mol. The zero-order valence-corrected chi connectivity index (χ0v) is 26.7. The lowest BCUT2D eigenvalue weighted by Crippen LogP contribution is -2.68. The maximum Gasteiger partial charge on any atom is 0.351 e. The SMILES string of the molecule is NC(=O)N[C@@H]1[C@@H]2O[C@H](n3ccc(N)nc3=O)[C@@H](O)[C@H]2O[C@@H](C(=O)O)[C@H]1O[C@@H]1O[C@H](C(=O)N[C@@H](CCSC[C@@H](N)C(=O)O)C(=O)O)C[C@@H](N)[C@H]1O. The van der Waals surface area contributed by atoms with E-state index in [1.165, 1.54) is 6.07 Å². The molecule has 13 atom stereocenters. The fourth-order valence-corrected chi connectivity index (χ4v) is 6.57. The molecule has 15 N–H and O–H groups in total. The summed E-state index contributed by atoms with van der Waals surface area (Å²) in [6, 6.07) is -5.36. The highest BCUT2D eigenvalue weighted by atomic mass is 32.2. The lowest BCUT2D eigenvalue weighted by molar-refractivity contribution is -0.291. The second kappa shape index (κ2) is 16.3. The van der Waals surface area contributed by atoms with Crippen LogP contribution in [0.3, 0.4) is 0 Å². The zero-order valence-electron chi connectivity index (χ0n) is 25.9. The predicted molar refractivity (Wildman–Crippen MR) is 165 cm³/mol. The third-order valence-corrected chi connectivity index (χ3v) is 9.22. The summed E-state index contributed by atoms with van der Waals surface area (Å²) in [7, 11) is 0. The van der Waals surface area contributed by atoms with Gasteiger partial charge in [0, 0.05) is 24.4 Å². The van der Waals surface area contributed by atoms with Gasteiger partial charge in [-0.25, -0.2) is 19.2 Å². The van der Waals surface area contributed by atoms with Gasteiger partial charge < -0.3 is 78.0 Å². The van der Waals surface area contributed by atoms with Gasteiger partial charge in [0.2, 0.25) is 5.91 Å². The Bertz CT molecular complexity index is 1500. The minimum absolute atomic E-state index is 0.00962. The van der Waals surface area contributed by atoms with Crippen LogP contribution in [0.5, 0.6) is 0 Å². The molecule has 3 saturated heterocycles. The zero-order chi connectivity index (χ0) is 37.0. The molecule has 1 aromatic heterocycles. The van der Waals surface area contributed by atoms with E-state index in [0.717, 1.165) is 22.5 Å². The van der Waals surface area contributed by atoms with Crippen LogP contribution in [-0.4, -0.2) is 150 Å². The summed E-state index contributed by atoms with van der Waals surface area (Å²) >= 11 is 1.06. The Labute approximate surface area is 285 Å². The van der Waals surface area contributed by atoms with E-state index in [0.29, 0.717) is 0 Å². The summed E-state index contributed by atoms with van der Waals surface area (Å²) in [5, 5.41) is 55.1. The van der Waals surface area contributed by atoms with Gasteiger partial charge in [0.15, 0.2) is 18.6 Å². The molecule has 0 saturated carbocycles. The van der Waals surface area contributed by atoms with E-state index in [2.05, 4.69) is 15.6 Å². The molecular weight excluding hydrogens is 696 g/mol. The number of nitrogens with one attached hydrogen (secondary N) is 2. The van der Waals surface area contributed by atoms with Crippen molar-refractivity contribution in [2.75, 3.05) is 17.2 Å². The van der Waals surface area contributed by atoms with Crippen LogP contribution in [0, 0.1) is 0 Å². The maximum atomic E-state index is 13.1. The number of urea groups is 1. The number of aliphatic hydroxyl groups excluding tert-OH is 2. The van der Waals surface area contributed by atoms with Crippen molar-refractivity contribution in [3.8, 4) is 0 Å². The van der Waals surface area contributed by atoms with Gasteiger partial charge in [-0.2, -0.15) is 16.7 Å². The fraction of sp³-hybridized carbons (Fsp3) is 0.654. The number of fused-ring (bicyclic) bond motifs is 1. The summed E-state index contributed by atoms with van der Waals surface area (Å²) in [5.41, 5.74) is 21.5. The number of carboxylic acid groups (broad SMARTS) is 3. The lowest BCUT2D eigenvalue weighted by atomic mass is 9.90. The molecule has 1 aromatic rings. The average Bonchev–Trinajstić information content (AvgIpc) is 3.36. The smallest absolute Gasteiger partial charge is 0.351 e. The number of nitrogens with zero attached hydrogens (tertiary/aromatic N) is 2. The third kappa shape index (κ3) is 8.77. The van der Waals surface area contributed by atoms with Crippen molar-refractivity contribution in [1.82, 2.24) is 20.2 Å². The van der Waals surface area contributed by atoms with Crippen LogP contribution in [0.2, 0.25) is 0 Å². The second-order valence-electron chi connectivity index (χ2n) is 11.6. The average molecular weight is 735 g/mol. The number of amides is 3. The first-order valence-corrected chi connectivity index (χ1v) is 16.1. The normalized spacial score (nSPS) is 33.4. The molecule has 3 fully saturated rings. The molecule has 3 aliphatic rings. The Kier molecular flexibility index (Phi) is 12.6. The van der Waals surface area contributed by atoms with E-state index in [1.54, 1.807) is 0 Å². The number of aromatic nitrogens is 2. The molecule has 4 rings (SSSR count). The molecule has 23 nitrogen and oxygen atoms in total. The Morgan fingerprint density at radius 3 is 2.38 bits per heavy atom. The van der Waals surface area contributed by atoms with E-state index in [-0.39, 0.29) is 30.2 Å². The summed E-state index contributed by atoms with van der Waals surface area (Å²) in [5.74, 6) is -5.32. The largest absolute Gasteiger partial charge is 0.480 e. The summed E-state index contributed by atoms with van der Waals surface area (Å²) in [6.45, 7) is 0. The van der Waals surface area contributed by atoms with E-state index < -0.39 is 115 Å². The van der Waals surface area contributed by atoms with Crippen LogP contribution in [0.25, 0.3) is 0 Å². The van der Waals surface area contributed by atoms with Crippen molar-refractivity contribution in [3.63, 3.8) is 0 Å². The van der Waals surface area contributed by atoms with Gasteiger partial charge in [-0.3, -0.25) is 14.2 Å². The fourth-order valence-electron chi connectivity index (χ4n) is 5.60. The Morgan fingerprint density at radius 2 is 1.78 bits per heavy atom.